The Bertz CT molecular complexity index is 340. The maximum Gasteiger partial charge on any atom is 0.163 e. The highest BCUT2D eigenvalue weighted by Gasteiger charge is 2.40. The summed E-state index contributed by atoms with van der Waals surface area (Å²) >= 11 is 0. The molecule has 0 saturated carbocycles. The Morgan fingerprint density at radius 3 is 2.38 bits per heavy atom. The average molecular weight is 296 g/mol. The van der Waals surface area contributed by atoms with Crippen LogP contribution in [0.15, 0.2) is 0 Å². The summed E-state index contributed by atoms with van der Waals surface area (Å²) in [5, 5.41) is 9.48. The van der Waals surface area contributed by atoms with Crippen molar-refractivity contribution < 1.29 is 14.6 Å². The number of unbranched alkanes of at least 4 members (excludes halogenated alkanes) is 4. The summed E-state index contributed by atoms with van der Waals surface area (Å²) < 4.78 is 11.9. The Kier molecular flexibility index (Phi) is 8.33. The van der Waals surface area contributed by atoms with E-state index >= 15 is 0 Å². The van der Waals surface area contributed by atoms with E-state index in [0.717, 1.165) is 6.42 Å². The Labute approximate surface area is 130 Å². The van der Waals surface area contributed by atoms with Crippen molar-refractivity contribution in [3.63, 3.8) is 0 Å². The molecule has 1 rings (SSSR count). The second-order valence-corrected chi connectivity index (χ2v) is 6.36. The van der Waals surface area contributed by atoms with Gasteiger partial charge in [0.05, 0.1) is 12.2 Å². The molecule has 0 aromatic heterocycles. The van der Waals surface area contributed by atoms with Crippen molar-refractivity contribution in [2.45, 2.75) is 103 Å². The van der Waals surface area contributed by atoms with Crippen molar-refractivity contribution in [1.82, 2.24) is 0 Å². The predicted octanol–water partition coefficient (Wildman–Crippen LogP) is 4.03. The molecule has 0 aromatic rings. The summed E-state index contributed by atoms with van der Waals surface area (Å²) in [6.45, 7) is 8.09. The van der Waals surface area contributed by atoms with Crippen LogP contribution in [-0.2, 0) is 9.47 Å². The average Bonchev–Trinajstić information content (AvgIpc) is 2.73. The normalized spacial score (nSPS) is 25.4. The lowest BCUT2D eigenvalue weighted by molar-refractivity contribution is -0.146. The summed E-state index contributed by atoms with van der Waals surface area (Å²) in [4.78, 5) is 0. The van der Waals surface area contributed by atoms with Crippen LogP contribution >= 0.6 is 0 Å². The van der Waals surface area contributed by atoms with Gasteiger partial charge in [-0.05, 0) is 26.7 Å². The SMILES string of the molecule is CCCCCCC[C@@H]1OC(C)(C)O[C@H]1CC#CC(O)CC. The number of aliphatic hydroxyl groups excluding tert-OH is 1. The zero-order valence-electron chi connectivity index (χ0n) is 14.2. The first-order chi connectivity index (χ1) is 9.98. The summed E-state index contributed by atoms with van der Waals surface area (Å²) in [6, 6.07) is 0. The van der Waals surface area contributed by atoms with Gasteiger partial charge >= 0.3 is 0 Å². The molecule has 1 heterocycles. The largest absolute Gasteiger partial charge is 0.380 e. The van der Waals surface area contributed by atoms with E-state index in [9.17, 15) is 5.11 Å². The molecule has 0 aliphatic carbocycles. The van der Waals surface area contributed by atoms with E-state index in [1.54, 1.807) is 0 Å². The third-order valence-corrected chi connectivity index (χ3v) is 3.84. The van der Waals surface area contributed by atoms with E-state index < -0.39 is 11.9 Å². The van der Waals surface area contributed by atoms with E-state index in [0.29, 0.717) is 12.8 Å². The van der Waals surface area contributed by atoms with Gasteiger partial charge in [0.2, 0.25) is 0 Å². The van der Waals surface area contributed by atoms with E-state index in [4.69, 9.17) is 9.47 Å². The molecule has 1 fully saturated rings. The van der Waals surface area contributed by atoms with Crippen LogP contribution in [0.4, 0.5) is 0 Å². The van der Waals surface area contributed by atoms with Crippen molar-refractivity contribution in [3.8, 4) is 11.8 Å². The zero-order valence-corrected chi connectivity index (χ0v) is 14.2. The van der Waals surface area contributed by atoms with E-state index in [1.807, 2.05) is 20.8 Å². The first-order valence-electron chi connectivity index (χ1n) is 8.50. The number of ether oxygens (including phenoxy) is 2. The minimum Gasteiger partial charge on any atom is -0.380 e. The summed E-state index contributed by atoms with van der Waals surface area (Å²) in [6.07, 6.45) is 8.33. The van der Waals surface area contributed by atoms with Crippen LogP contribution < -0.4 is 0 Å². The zero-order chi connectivity index (χ0) is 15.7. The molecular formula is C18H32O3. The number of rotatable bonds is 8. The van der Waals surface area contributed by atoms with Crippen LogP contribution in [0.1, 0.15) is 79.1 Å². The van der Waals surface area contributed by atoms with Gasteiger partial charge in [-0.15, -0.1) is 0 Å². The third kappa shape index (κ3) is 7.31. The van der Waals surface area contributed by atoms with Crippen molar-refractivity contribution in [2.75, 3.05) is 0 Å². The van der Waals surface area contributed by atoms with Crippen molar-refractivity contribution in [2.24, 2.45) is 0 Å². The predicted molar refractivity (Wildman–Crippen MR) is 85.9 cm³/mol. The second-order valence-electron chi connectivity index (χ2n) is 6.36. The molecule has 3 heteroatoms. The number of hydrogen-bond donors (Lipinski definition) is 1. The van der Waals surface area contributed by atoms with Gasteiger partial charge in [0.15, 0.2) is 5.79 Å². The second kappa shape index (κ2) is 9.46. The van der Waals surface area contributed by atoms with Gasteiger partial charge in [-0.3, -0.25) is 0 Å². The molecule has 3 atom stereocenters. The minimum absolute atomic E-state index is 0.0303. The lowest BCUT2D eigenvalue weighted by atomic mass is 10.0. The molecule has 0 radical (unpaired) electrons. The van der Waals surface area contributed by atoms with Crippen molar-refractivity contribution in [3.05, 3.63) is 0 Å². The molecule has 21 heavy (non-hydrogen) atoms. The summed E-state index contributed by atoms with van der Waals surface area (Å²) in [5.74, 6) is 5.40. The fraction of sp³-hybridized carbons (Fsp3) is 0.889. The Morgan fingerprint density at radius 2 is 1.71 bits per heavy atom. The van der Waals surface area contributed by atoms with E-state index in [1.165, 1.54) is 32.1 Å². The summed E-state index contributed by atoms with van der Waals surface area (Å²) in [7, 11) is 0. The highest BCUT2D eigenvalue weighted by molar-refractivity contribution is 5.06. The molecular weight excluding hydrogens is 264 g/mol. The summed E-state index contributed by atoms with van der Waals surface area (Å²) in [5.41, 5.74) is 0. The third-order valence-electron chi connectivity index (χ3n) is 3.84. The molecule has 0 bridgehead atoms. The van der Waals surface area contributed by atoms with Crippen LogP contribution in [0.2, 0.25) is 0 Å². The Balaban J connectivity index is 2.40. The van der Waals surface area contributed by atoms with Gasteiger partial charge in [0.1, 0.15) is 6.10 Å². The van der Waals surface area contributed by atoms with Crippen LogP contribution in [0.3, 0.4) is 0 Å². The fourth-order valence-electron chi connectivity index (χ4n) is 2.66. The Morgan fingerprint density at radius 1 is 1.05 bits per heavy atom. The Hall–Kier alpha value is -0.560. The molecule has 1 N–H and O–H groups in total. The maximum atomic E-state index is 9.48. The van der Waals surface area contributed by atoms with Crippen LogP contribution in [0.5, 0.6) is 0 Å². The van der Waals surface area contributed by atoms with E-state index in [-0.39, 0.29) is 12.2 Å². The van der Waals surface area contributed by atoms with Crippen LogP contribution in [0.25, 0.3) is 0 Å². The number of hydrogen-bond acceptors (Lipinski definition) is 3. The highest BCUT2D eigenvalue weighted by Crippen LogP contribution is 2.32. The lowest BCUT2D eigenvalue weighted by Gasteiger charge is -2.16. The van der Waals surface area contributed by atoms with Crippen LogP contribution in [0, 0.1) is 11.8 Å². The van der Waals surface area contributed by atoms with Crippen LogP contribution in [-0.4, -0.2) is 29.2 Å². The van der Waals surface area contributed by atoms with Crippen molar-refractivity contribution in [1.29, 1.82) is 0 Å². The first kappa shape index (κ1) is 18.5. The first-order valence-corrected chi connectivity index (χ1v) is 8.50. The quantitative estimate of drug-likeness (QED) is 0.543. The van der Waals surface area contributed by atoms with Gasteiger partial charge in [0, 0.05) is 6.42 Å². The molecule has 1 unspecified atom stereocenters. The van der Waals surface area contributed by atoms with Gasteiger partial charge in [0.25, 0.3) is 0 Å². The standard InChI is InChI=1S/C18H32O3/c1-5-7-8-9-10-13-16-17(21-18(3,4)20-16)14-11-12-15(19)6-2/h15-17,19H,5-10,13-14H2,1-4H3/t15?,16-,17-/m0/s1. The van der Waals surface area contributed by atoms with Gasteiger partial charge < -0.3 is 14.6 Å². The molecule has 1 aliphatic rings. The monoisotopic (exact) mass is 296 g/mol. The topological polar surface area (TPSA) is 38.7 Å². The molecule has 0 spiro atoms. The van der Waals surface area contributed by atoms with Crippen molar-refractivity contribution >= 4 is 0 Å². The fourth-order valence-corrected chi connectivity index (χ4v) is 2.66. The van der Waals surface area contributed by atoms with Gasteiger partial charge in [-0.2, -0.15) is 0 Å². The highest BCUT2D eigenvalue weighted by atomic mass is 16.7. The molecule has 3 nitrogen and oxygen atoms in total. The molecule has 122 valence electrons. The molecule has 1 saturated heterocycles. The smallest absolute Gasteiger partial charge is 0.163 e. The molecule has 0 amide bonds. The number of aliphatic hydroxyl groups is 1. The van der Waals surface area contributed by atoms with E-state index in [2.05, 4.69) is 18.8 Å². The maximum absolute atomic E-state index is 9.48. The lowest BCUT2D eigenvalue weighted by Crippen LogP contribution is -2.22. The minimum atomic E-state index is -0.521. The molecule has 0 aromatic carbocycles. The van der Waals surface area contributed by atoms with Gasteiger partial charge in [-0.1, -0.05) is 57.8 Å². The molecule has 1 aliphatic heterocycles. The van der Waals surface area contributed by atoms with Gasteiger partial charge in [-0.25, -0.2) is 0 Å².